The van der Waals surface area contributed by atoms with Gasteiger partial charge in [0.25, 0.3) is 5.91 Å². The molecule has 0 saturated carbocycles. The molecule has 3 rings (SSSR count). The van der Waals surface area contributed by atoms with Crippen molar-refractivity contribution >= 4 is 23.4 Å². The summed E-state index contributed by atoms with van der Waals surface area (Å²) in [4.78, 5) is 51.6. The molecule has 0 N–H and O–H groups in total. The van der Waals surface area contributed by atoms with E-state index in [1.54, 1.807) is 12.2 Å². The molecule has 176 valence electrons. The van der Waals surface area contributed by atoms with Crippen LogP contribution in [0.5, 0.6) is 0 Å². The van der Waals surface area contributed by atoms with Gasteiger partial charge < -0.3 is 9.47 Å². The molecule has 2 atom stereocenters. The van der Waals surface area contributed by atoms with Gasteiger partial charge in [0.1, 0.15) is 17.6 Å². The second-order valence-electron chi connectivity index (χ2n) is 8.88. The number of carbonyl (C=O) groups is 4. The fraction of sp³-hybridized carbons (Fsp3) is 0.680. The van der Waals surface area contributed by atoms with Crippen molar-refractivity contribution in [2.45, 2.75) is 95.7 Å². The number of carbonyl (C=O) groups excluding carboxylic acids is 4. The summed E-state index contributed by atoms with van der Waals surface area (Å²) in [5.41, 5.74) is 0.0696. The first-order valence-corrected chi connectivity index (χ1v) is 12.1. The Morgan fingerprint density at radius 3 is 2.38 bits per heavy atom. The first-order valence-electron chi connectivity index (χ1n) is 12.1. The van der Waals surface area contributed by atoms with Crippen molar-refractivity contribution in [1.29, 1.82) is 0 Å². The van der Waals surface area contributed by atoms with Crippen LogP contribution < -0.4 is 0 Å². The van der Waals surface area contributed by atoms with Crippen molar-refractivity contribution in [2.24, 2.45) is 0 Å². The molecule has 0 aliphatic carbocycles. The van der Waals surface area contributed by atoms with E-state index in [1.165, 1.54) is 11.0 Å². The molecular weight excluding hydrogens is 410 g/mol. The lowest BCUT2D eigenvalue weighted by molar-refractivity contribution is -0.156. The fourth-order valence-corrected chi connectivity index (χ4v) is 4.47. The summed E-state index contributed by atoms with van der Waals surface area (Å²) < 4.78 is 11.3. The summed E-state index contributed by atoms with van der Waals surface area (Å²) in [6.07, 6.45) is 14.8. The van der Waals surface area contributed by atoms with Crippen molar-refractivity contribution in [2.75, 3.05) is 13.2 Å². The summed E-state index contributed by atoms with van der Waals surface area (Å²) in [5.74, 6) is -1.68. The van der Waals surface area contributed by atoms with Gasteiger partial charge in [-0.15, -0.1) is 0 Å². The number of fused-ring (bicyclic) bond motifs is 3. The number of allylic oxidation sites excluding steroid dienone is 2. The normalized spacial score (nSPS) is 27.8. The summed E-state index contributed by atoms with van der Waals surface area (Å²) in [5, 5.41) is 0. The summed E-state index contributed by atoms with van der Waals surface area (Å²) in [7, 11) is 0. The minimum Gasteiger partial charge on any atom is -0.461 e. The van der Waals surface area contributed by atoms with Gasteiger partial charge in [-0.3, -0.25) is 19.3 Å². The lowest BCUT2D eigenvalue weighted by Crippen LogP contribution is -2.46. The summed E-state index contributed by atoms with van der Waals surface area (Å²) in [6, 6.07) is 0. The number of rotatable bonds is 0. The van der Waals surface area contributed by atoms with E-state index in [0.29, 0.717) is 32.1 Å². The van der Waals surface area contributed by atoms with Crippen LogP contribution in [0.2, 0.25) is 0 Å². The highest BCUT2D eigenvalue weighted by atomic mass is 16.5. The molecule has 3 aliphatic heterocycles. The molecule has 0 unspecified atom stereocenters. The lowest BCUT2D eigenvalue weighted by atomic mass is 9.96. The van der Waals surface area contributed by atoms with Gasteiger partial charge in [0, 0.05) is 19.4 Å². The maximum Gasteiger partial charge on any atom is 0.355 e. The third kappa shape index (κ3) is 7.12. The van der Waals surface area contributed by atoms with Crippen LogP contribution in [0.15, 0.2) is 23.9 Å². The molecule has 0 spiro atoms. The Kier molecular flexibility index (Phi) is 9.65. The monoisotopic (exact) mass is 445 g/mol. The van der Waals surface area contributed by atoms with Crippen LogP contribution in [-0.2, 0) is 28.7 Å². The van der Waals surface area contributed by atoms with Crippen LogP contribution in [0.4, 0.5) is 0 Å². The van der Waals surface area contributed by atoms with Crippen LogP contribution in [0.1, 0.15) is 83.5 Å². The zero-order valence-corrected chi connectivity index (χ0v) is 18.9. The van der Waals surface area contributed by atoms with Crippen LogP contribution in [-0.4, -0.2) is 53.7 Å². The van der Waals surface area contributed by atoms with Crippen molar-refractivity contribution in [3.63, 3.8) is 0 Å². The molecule has 0 aromatic carbocycles. The molecule has 2 saturated heterocycles. The van der Waals surface area contributed by atoms with Gasteiger partial charge in [0.05, 0.1) is 12.7 Å². The molecule has 32 heavy (non-hydrogen) atoms. The van der Waals surface area contributed by atoms with Crippen LogP contribution in [0.25, 0.3) is 0 Å². The van der Waals surface area contributed by atoms with Crippen LogP contribution in [0, 0.1) is 0 Å². The zero-order valence-electron chi connectivity index (χ0n) is 18.9. The van der Waals surface area contributed by atoms with E-state index < -0.39 is 23.8 Å². The zero-order chi connectivity index (χ0) is 22.8. The van der Waals surface area contributed by atoms with E-state index in [9.17, 15) is 19.2 Å². The molecule has 3 heterocycles. The Balaban J connectivity index is 1.66. The fourth-order valence-electron chi connectivity index (χ4n) is 4.47. The average molecular weight is 446 g/mol. The number of cyclic esters (lactones) is 1. The van der Waals surface area contributed by atoms with Gasteiger partial charge in [-0.25, -0.2) is 4.79 Å². The van der Waals surface area contributed by atoms with E-state index >= 15 is 0 Å². The van der Waals surface area contributed by atoms with Gasteiger partial charge in [0.2, 0.25) is 5.78 Å². The SMILES string of the molecule is O=C1CCCCCCC[C@@H]2CCC[C@@H](O2)C(=O)C(=O)N2CC=CC=C2C(=O)OCCCC1. The molecule has 2 fully saturated rings. The van der Waals surface area contributed by atoms with Gasteiger partial charge in [-0.1, -0.05) is 37.8 Å². The number of ether oxygens (including phenoxy) is 2. The van der Waals surface area contributed by atoms with E-state index in [-0.39, 0.29) is 30.7 Å². The largest absolute Gasteiger partial charge is 0.461 e. The highest BCUT2D eigenvalue weighted by molar-refractivity contribution is 6.38. The quantitative estimate of drug-likeness (QED) is 0.416. The molecule has 3 aliphatic rings. The molecule has 1 amide bonds. The van der Waals surface area contributed by atoms with E-state index in [0.717, 1.165) is 51.4 Å². The van der Waals surface area contributed by atoms with Gasteiger partial charge in [0.15, 0.2) is 0 Å². The molecule has 0 aromatic heterocycles. The second-order valence-corrected chi connectivity index (χ2v) is 8.88. The number of hydrogen-bond donors (Lipinski definition) is 0. The Morgan fingerprint density at radius 1 is 0.812 bits per heavy atom. The van der Waals surface area contributed by atoms with E-state index in [2.05, 4.69) is 0 Å². The van der Waals surface area contributed by atoms with Gasteiger partial charge in [-0.2, -0.15) is 0 Å². The van der Waals surface area contributed by atoms with Crippen molar-refractivity contribution in [3.8, 4) is 0 Å². The van der Waals surface area contributed by atoms with Crippen LogP contribution >= 0.6 is 0 Å². The van der Waals surface area contributed by atoms with Crippen LogP contribution in [0.3, 0.4) is 0 Å². The molecule has 7 heteroatoms. The number of hydrogen-bond acceptors (Lipinski definition) is 6. The topological polar surface area (TPSA) is 90.0 Å². The predicted octanol–water partition coefficient (Wildman–Crippen LogP) is 3.80. The first kappa shape index (κ1) is 24.4. The highest BCUT2D eigenvalue weighted by Crippen LogP contribution is 2.25. The number of ketones is 2. The van der Waals surface area contributed by atoms with E-state index in [4.69, 9.17) is 9.47 Å². The smallest absolute Gasteiger partial charge is 0.355 e. The van der Waals surface area contributed by atoms with Gasteiger partial charge in [-0.05, 0) is 51.0 Å². The summed E-state index contributed by atoms with van der Waals surface area (Å²) >= 11 is 0. The Morgan fingerprint density at radius 2 is 1.53 bits per heavy atom. The molecular formula is C25H35NO6. The maximum absolute atomic E-state index is 13.0. The highest BCUT2D eigenvalue weighted by Gasteiger charge is 2.36. The lowest BCUT2D eigenvalue weighted by Gasteiger charge is -2.31. The third-order valence-electron chi connectivity index (χ3n) is 6.34. The molecule has 7 nitrogen and oxygen atoms in total. The van der Waals surface area contributed by atoms with E-state index in [1.807, 2.05) is 0 Å². The standard InChI is InChI=1S/C25H35NO6/c27-19-11-4-2-1-3-5-13-20-14-10-16-22(32-20)23(28)24(29)26-17-8-6-15-21(26)25(30)31-18-9-7-12-19/h6,8,15,20,22H,1-5,7,9-14,16-18H2/t20-,22-/m1/s1. The Labute approximate surface area is 190 Å². The number of Topliss-reactive ketones (excluding diaryl/α,β-unsaturated/α-hetero) is 2. The maximum atomic E-state index is 13.0. The molecule has 0 aromatic rings. The molecule has 0 radical (unpaired) electrons. The second kappa shape index (κ2) is 12.7. The average Bonchev–Trinajstić information content (AvgIpc) is 2.81. The molecule has 2 bridgehead atoms. The Bertz CT molecular complexity index is 756. The van der Waals surface area contributed by atoms with Crippen molar-refractivity contribution in [3.05, 3.63) is 23.9 Å². The minimum absolute atomic E-state index is 0.0117. The third-order valence-corrected chi connectivity index (χ3v) is 6.34. The number of amides is 1. The minimum atomic E-state index is -0.746. The first-order chi connectivity index (χ1) is 15.6. The van der Waals surface area contributed by atoms with Crippen molar-refractivity contribution < 1.29 is 28.7 Å². The number of esters is 1. The predicted molar refractivity (Wildman–Crippen MR) is 119 cm³/mol. The van der Waals surface area contributed by atoms with Gasteiger partial charge >= 0.3 is 5.97 Å². The Hall–Kier alpha value is -2.28. The number of nitrogens with zero attached hydrogens (tertiary/aromatic N) is 1. The van der Waals surface area contributed by atoms with Crippen molar-refractivity contribution in [1.82, 2.24) is 4.90 Å². The summed E-state index contributed by atoms with van der Waals surface area (Å²) in [6.45, 7) is 0.326.